The summed E-state index contributed by atoms with van der Waals surface area (Å²) in [5.41, 5.74) is 0. The van der Waals surface area contributed by atoms with Gasteiger partial charge in [-0.2, -0.15) is 0 Å². The van der Waals surface area contributed by atoms with Crippen molar-refractivity contribution in [2.24, 2.45) is 5.92 Å². The Morgan fingerprint density at radius 2 is 1.83 bits per heavy atom. The first-order valence-electron chi connectivity index (χ1n) is 7.94. The molecule has 0 unspecified atom stereocenters. The first kappa shape index (κ1) is 20.6. The third-order valence-corrected chi connectivity index (χ3v) is 5.83. The number of hydrogen-bond donors (Lipinski definition) is 1. The monoisotopic (exact) mass is 381 g/mol. The molecule has 3 rings (SSSR count). The molecule has 1 aromatic rings. The third-order valence-electron chi connectivity index (χ3n) is 4.73. The SMILES string of the molecule is Cl.Cl.O=[N+]([O-])c1ccc([C@@H](C2CCCCC2)N2CCNCC2)s1. The van der Waals surface area contributed by atoms with Crippen molar-refractivity contribution in [3.05, 3.63) is 27.1 Å². The Morgan fingerprint density at radius 3 is 2.39 bits per heavy atom. The van der Waals surface area contributed by atoms with Crippen LogP contribution in [0.4, 0.5) is 5.00 Å². The molecule has 0 bridgehead atoms. The molecule has 0 aromatic carbocycles. The molecule has 1 N–H and O–H groups in total. The Morgan fingerprint density at radius 1 is 1.17 bits per heavy atom. The zero-order valence-corrected chi connectivity index (χ0v) is 15.6. The summed E-state index contributed by atoms with van der Waals surface area (Å²) in [5.74, 6) is 0.662. The lowest BCUT2D eigenvalue weighted by Gasteiger charge is -2.40. The van der Waals surface area contributed by atoms with Crippen LogP contribution in [0.1, 0.15) is 43.0 Å². The summed E-state index contributed by atoms with van der Waals surface area (Å²) in [6.07, 6.45) is 6.48. The number of nitrogens with zero attached hydrogens (tertiary/aromatic N) is 2. The molecule has 1 aliphatic heterocycles. The minimum atomic E-state index is -0.260. The van der Waals surface area contributed by atoms with Crippen LogP contribution in [0.2, 0.25) is 0 Å². The molecule has 2 heterocycles. The molecular formula is C15H25Cl2N3O2S. The quantitative estimate of drug-likeness (QED) is 0.631. The Balaban J connectivity index is 0.00000132. The van der Waals surface area contributed by atoms with E-state index in [1.54, 1.807) is 6.07 Å². The van der Waals surface area contributed by atoms with Crippen LogP contribution in [0, 0.1) is 16.0 Å². The normalized spacial score (nSPS) is 21.0. The van der Waals surface area contributed by atoms with Crippen LogP contribution in [-0.4, -0.2) is 36.0 Å². The van der Waals surface area contributed by atoms with Crippen LogP contribution >= 0.6 is 36.2 Å². The molecule has 1 saturated carbocycles. The fourth-order valence-electron chi connectivity index (χ4n) is 3.72. The molecule has 132 valence electrons. The first-order valence-corrected chi connectivity index (χ1v) is 8.76. The van der Waals surface area contributed by atoms with Crippen molar-refractivity contribution in [1.82, 2.24) is 10.2 Å². The summed E-state index contributed by atoms with van der Waals surface area (Å²) in [7, 11) is 0. The van der Waals surface area contributed by atoms with E-state index < -0.39 is 0 Å². The number of piperazine rings is 1. The Kier molecular flexibility index (Phi) is 8.79. The van der Waals surface area contributed by atoms with E-state index in [0.29, 0.717) is 12.0 Å². The van der Waals surface area contributed by atoms with Crippen molar-refractivity contribution in [3.8, 4) is 0 Å². The van der Waals surface area contributed by atoms with Gasteiger partial charge in [0.15, 0.2) is 0 Å². The highest BCUT2D eigenvalue weighted by Gasteiger charge is 2.32. The van der Waals surface area contributed by atoms with Gasteiger partial charge in [-0.1, -0.05) is 30.6 Å². The number of rotatable bonds is 4. The fraction of sp³-hybridized carbons (Fsp3) is 0.733. The molecule has 0 spiro atoms. The third kappa shape index (κ3) is 5.03. The van der Waals surface area contributed by atoms with E-state index in [1.165, 1.54) is 48.3 Å². The van der Waals surface area contributed by atoms with Gasteiger partial charge in [0.1, 0.15) is 0 Å². The summed E-state index contributed by atoms with van der Waals surface area (Å²) in [6, 6.07) is 4.05. The van der Waals surface area contributed by atoms with Crippen LogP contribution in [0.15, 0.2) is 12.1 Å². The highest BCUT2D eigenvalue weighted by Crippen LogP contribution is 2.42. The molecule has 1 aromatic heterocycles. The molecule has 5 nitrogen and oxygen atoms in total. The second-order valence-electron chi connectivity index (χ2n) is 6.06. The summed E-state index contributed by atoms with van der Waals surface area (Å²) in [5, 5.41) is 14.7. The fourth-order valence-corrected chi connectivity index (χ4v) is 4.77. The number of halogens is 2. The van der Waals surface area contributed by atoms with E-state index in [9.17, 15) is 10.1 Å². The Bertz CT molecular complexity index is 471. The van der Waals surface area contributed by atoms with Gasteiger partial charge in [0.2, 0.25) is 0 Å². The van der Waals surface area contributed by atoms with Gasteiger partial charge in [0.05, 0.1) is 4.92 Å². The van der Waals surface area contributed by atoms with E-state index in [4.69, 9.17) is 0 Å². The maximum atomic E-state index is 11.0. The summed E-state index contributed by atoms with van der Waals surface area (Å²) in [4.78, 5) is 14.5. The van der Waals surface area contributed by atoms with Crippen molar-refractivity contribution in [2.45, 2.75) is 38.1 Å². The van der Waals surface area contributed by atoms with Gasteiger partial charge >= 0.3 is 5.00 Å². The van der Waals surface area contributed by atoms with Gasteiger partial charge in [0.25, 0.3) is 0 Å². The number of nitrogens with one attached hydrogen (secondary N) is 1. The lowest BCUT2D eigenvalue weighted by molar-refractivity contribution is -0.380. The van der Waals surface area contributed by atoms with Crippen molar-refractivity contribution in [3.63, 3.8) is 0 Å². The Hall–Kier alpha value is -0.400. The average molecular weight is 382 g/mol. The molecule has 8 heteroatoms. The molecule has 23 heavy (non-hydrogen) atoms. The summed E-state index contributed by atoms with van der Waals surface area (Å²) in [6.45, 7) is 4.15. The van der Waals surface area contributed by atoms with E-state index in [2.05, 4.69) is 10.2 Å². The van der Waals surface area contributed by atoms with Crippen molar-refractivity contribution < 1.29 is 4.92 Å². The van der Waals surface area contributed by atoms with Crippen LogP contribution in [0.25, 0.3) is 0 Å². The van der Waals surface area contributed by atoms with E-state index >= 15 is 0 Å². The second-order valence-corrected chi connectivity index (χ2v) is 7.16. The second kappa shape index (κ2) is 9.79. The summed E-state index contributed by atoms with van der Waals surface area (Å²) >= 11 is 1.38. The number of nitro groups is 1. The van der Waals surface area contributed by atoms with Gasteiger partial charge in [-0.05, 0) is 24.8 Å². The highest BCUT2D eigenvalue weighted by molar-refractivity contribution is 7.15. The van der Waals surface area contributed by atoms with Crippen LogP contribution in [0.5, 0.6) is 0 Å². The van der Waals surface area contributed by atoms with E-state index in [-0.39, 0.29) is 34.7 Å². The first-order chi connectivity index (χ1) is 10.3. The lowest BCUT2D eigenvalue weighted by Crippen LogP contribution is -2.47. The minimum Gasteiger partial charge on any atom is -0.314 e. The standard InChI is InChI=1S/C15H23N3O2S.2ClH/c19-18(20)14-7-6-13(21-14)15(12-4-2-1-3-5-12)17-10-8-16-9-11-17;;/h6-7,12,15-16H,1-5,8-11H2;2*1H/t15-;;/m1../s1. The van der Waals surface area contributed by atoms with E-state index in [1.807, 2.05) is 6.07 Å². The highest BCUT2D eigenvalue weighted by atomic mass is 35.5. The van der Waals surface area contributed by atoms with Gasteiger partial charge in [-0.3, -0.25) is 15.0 Å². The molecular weight excluding hydrogens is 357 g/mol. The lowest BCUT2D eigenvalue weighted by atomic mass is 9.82. The average Bonchev–Trinajstić information content (AvgIpc) is 3.00. The Labute approximate surface area is 153 Å². The van der Waals surface area contributed by atoms with Gasteiger partial charge in [-0.15, -0.1) is 24.8 Å². The van der Waals surface area contributed by atoms with E-state index in [0.717, 1.165) is 26.2 Å². The van der Waals surface area contributed by atoms with Crippen molar-refractivity contribution in [2.75, 3.05) is 26.2 Å². The van der Waals surface area contributed by atoms with Gasteiger partial charge < -0.3 is 5.32 Å². The molecule has 2 aliphatic rings. The zero-order chi connectivity index (χ0) is 14.7. The van der Waals surface area contributed by atoms with Crippen LogP contribution in [-0.2, 0) is 0 Å². The van der Waals surface area contributed by atoms with Crippen molar-refractivity contribution >= 4 is 41.2 Å². The van der Waals surface area contributed by atoms with Crippen LogP contribution in [0.3, 0.4) is 0 Å². The largest absolute Gasteiger partial charge is 0.324 e. The molecule has 0 radical (unpaired) electrons. The van der Waals surface area contributed by atoms with Gasteiger partial charge in [0, 0.05) is 43.2 Å². The topological polar surface area (TPSA) is 58.4 Å². The molecule has 0 amide bonds. The van der Waals surface area contributed by atoms with Gasteiger partial charge in [-0.25, -0.2) is 0 Å². The maximum absolute atomic E-state index is 11.0. The smallest absolute Gasteiger partial charge is 0.314 e. The molecule has 2 fully saturated rings. The predicted octanol–water partition coefficient (Wildman–Crippen LogP) is 4.03. The number of hydrogen-bond acceptors (Lipinski definition) is 5. The zero-order valence-electron chi connectivity index (χ0n) is 13.1. The molecule has 1 saturated heterocycles. The maximum Gasteiger partial charge on any atom is 0.324 e. The number of thiophene rings is 1. The minimum absolute atomic E-state index is 0. The van der Waals surface area contributed by atoms with Crippen LogP contribution < -0.4 is 5.32 Å². The predicted molar refractivity (Wildman–Crippen MR) is 99.2 cm³/mol. The molecule has 1 atom stereocenters. The summed E-state index contributed by atoms with van der Waals surface area (Å²) < 4.78 is 0. The van der Waals surface area contributed by atoms with Crippen molar-refractivity contribution in [1.29, 1.82) is 0 Å². The molecule has 1 aliphatic carbocycles.